The number of esters is 1. The minimum atomic E-state index is -3.76. The summed E-state index contributed by atoms with van der Waals surface area (Å²) in [6.45, 7) is 1.47. The maximum Gasteiger partial charge on any atom is 0.337 e. The van der Waals surface area contributed by atoms with Crippen molar-refractivity contribution in [1.29, 1.82) is 0 Å². The zero-order chi connectivity index (χ0) is 20.9. The van der Waals surface area contributed by atoms with E-state index in [0.717, 1.165) is 10.6 Å². The molecule has 0 unspecified atom stereocenters. The number of hydrogen-bond donors (Lipinski definition) is 1. The Kier molecular flexibility index (Phi) is 6.63. The van der Waals surface area contributed by atoms with Gasteiger partial charge in [0.2, 0.25) is 15.9 Å². The Bertz CT molecular complexity index is 974. The second-order valence-electron chi connectivity index (χ2n) is 6.00. The van der Waals surface area contributed by atoms with E-state index in [4.69, 9.17) is 4.74 Å². The molecular weight excluding hydrogens is 384 g/mol. The lowest BCUT2D eigenvalue weighted by Gasteiger charge is -2.28. The summed E-state index contributed by atoms with van der Waals surface area (Å²) in [4.78, 5) is 24.4. The second kappa shape index (κ2) is 8.75. The SMILES string of the molecule is COC(=O)c1cccc(NC(=O)[C@@H](C)N(c2cccc(OC)c2)S(C)(=O)=O)c1. The first-order valence-electron chi connectivity index (χ1n) is 8.30. The number of sulfonamides is 1. The molecule has 0 aromatic heterocycles. The summed E-state index contributed by atoms with van der Waals surface area (Å²) in [6, 6.07) is 11.5. The molecule has 28 heavy (non-hydrogen) atoms. The average molecular weight is 406 g/mol. The number of carbonyl (C=O) groups excluding carboxylic acids is 2. The molecule has 0 saturated heterocycles. The topological polar surface area (TPSA) is 102 Å². The molecule has 0 spiro atoms. The fourth-order valence-electron chi connectivity index (χ4n) is 2.64. The number of hydrogen-bond acceptors (Lipinski definition) is 6. The molecule has 0 saturated carbocycles. The molecule has 0 aliphatic heterocycles. The molecule has 0 radical (unpaired) electrons. The van der Waals surface area contributed by atoms with Crippen LogP contribution in [0.1, 0.15) is 17.3 Å². The van der Waals surface area contributed by atoms with E-state index >= 15 is 0 Å². The number of anilines is 2. The highest BCUT2D eigenvalue weighted by Crippen LogP contribution is 2.25. The van der Waals surface area contributed by atoms with Gasteiger partial charge in [-0.3, -0.25) is 9.10 Å². The van der Waals surface area contributed by atoms with Crippen molar-refractivity contribution in [2.75, 3.05) is 30.1 Å². The zero-order valence-electron chi connectivity index (χ0n) is 16.0. The molecule has 2 aromatic rings. The molecule has 2 aromatic carbocycles. The summed E-state index contributed by atoms with van der Waals surface area (Å²) in [6.07, 6.45) is 1.02. The first kappa shape index (κ1) is 21.2. The van der Waals surface area contributed by atoms with E-state index in [1.54, 1.807) is 36.4 Å². The molecule has 0 bridgehead atoms. The molecule has 9 heteroatoms. The van der Waals surface area contributed by atoms with Crippen LogP contribution in [0.25, 0.3) is 0 Å². The minimum absolute atomic E-state index is 0.265. The van der Waals surface area contributed by atoms with E-state index in [1.165, 1.54) is 33.3 Å². The van der Waals surface area contributed by atoms with Gasteiger partial charge in [-0.1, -0.05) is 12.1 Å². The number of methoxy groups -OCH3 is 2. The highest BCUT2D eigenvalue weighted by atomic mass is 32.2. The van der Waals surface area contributed by atoms with Gasteiger partial charge in [0, 0.05) is 11.8 Å². The Morgan fingerprint density at radius 1 is 1.07 bits per heavy atom. The molecule has 0 heterocycles. The number of nitrogens with zero attached hydrogens (tertiary/aromatic N) is 1. The molecule has 2 rings (SSSR count). The molecule has 1 atom stereocenters. The van der Waals surface area contributed by atoms with Crippen molar-refractivity contribution in [3.05, 3.63) is 54.1 Å². The van der Waals surface area contributed by atoms with Crippen molar-refractivity contribution in [1.82, 2.24) is 0 Å². The summed E-state index contributed by atoms with van der Waals surface area (Å²) in [5.74, 6) is -0.641. The third kappa shape index (κ3) is 5.01. The van der Waals surface area contributed by atoms with E-state index in [2.05, 4.69) is 10.1 Å². The van der Waals surface area contributed by atoms with Crippen LogP contribution in [-0.4, -0.2) is 46.8 Å². The highest BCUT2D eigenvalue weighted by molar-refractivity contribution is 7.92. The summed E-state index contributed by atoms with van der Waals surface area (Å²) < 4.78 is 35.5. The molecule has 8 nitrogen and oxygen atoms in total. The molecule has 0 aliphatic carbocycles. The van der Waals surface area contributed by atoms with Gasteiger partial charge in [-0.15, -0.1) is 0 Å². The van der Waals surface area contributed by atoms with Gasteiger partial charge in [-0.05, 0) is 37.3 Å². The van der Waals surface area contributed by atoms with E-state index in [0.29, 0.717) is 17.1 Å². The summed E-state index contributed by atoms with van der Waals surface area (Å²) >= 11 is 0. The monoisotopic (exact) mass is 406 g/mol. The molecule has 1 N–H and O–H groups in total. The van der Waals surface area contributed by atoms with Crippen molar-refractivity contribution < 1.29 is 27.5 Å². The predicted molar refractivity (Wildman–Crippen MR) is 106 cm³/mol. The summed E-state index contributed by atoms with van der Waals surface area (Å²) in [7, 11) is -1.04. The number of amides is 1. The Labute approximate surface area is 164 Å². The Morgan fingerprint density at radius 2 is 1.75 bits per heavy atom. The van der Waals surface area contributed by atoms with Crippen molar-refractivity contribution in [3.63, 3.8) is 0 Å². The molecule has 0 fully saturated rings. The van der Waals surface area contributed by atoms with E-state index < -0.39 is 27.9 Å². The molecule has 150 valence electrons. The first-order valence-corrected chi connectivity index (χ1v) is 10.1. The van der Waals surface area contributed by atoms with Gasteiger partial charge in [-0.2, -0.15) is 0 Å². The van der Waals surface area contributed by atoms with E-state index in [-0.39, 0.29) is 5.56 Å². The Hall–Kier alpha value is -3.07. The third-order valence-corrected chi connectivity index (χ3v) is 5.19. The maximum atomic E-state index is 12.7. The molecule has 1 amide bonds. The van der Waals surface area contributed by atoms with Gasteiger partial charge in [0.05, 0.1) is 31.7 Å². The fraction of sp³-hybridized carbons (Fsp3) is 0.263. The van der Waals surface area contributed by atoms with Gasteiger partial charge in [0.25, 0.3) is 0 Å². The third-order valence-electron chi connectivity index (χ3n) is 3.95. The van der Waals surface area contributed by atoms with Gasteiger partial charge >= 0.3 is 5.97 Å². The first-order chi connectivity index (χ1) is 13.2. The number of nitrogens with one attached hydrogen (secondary N) is 1. The van der Waals surface area contributed by atoms with Crippen molar-refractivity contribution >= 4 is 33.3 Å². The van der Waals surface area contributed by atoms with Crippen LogP contribution in [0.2, 0.25) is 0 Å². The van der Waals surface area contributed by atoms with Gasteiger partial charge in [0.15, 0.2) is 0 Å². The van der Waals surface area contributed by atoms with Crippen molar-refractivity contribution in [2.45, 2.75) is 13.0 Å². The summed E-state index contributed by atoms with van der Waals surface area (Å²) in [5, 5.41) is 2.63. The van der Waals surface area contributed by atoms with Crippen molar-refractivity contribution in [2.24, 2.45) is 0 Å². The maximum absolute atomic E-state index is 12.7. The Balaban J connectivity index is 2.31. The molecule has 0 aliphatic rings. The smallest absolute Gasteiger partial charge is 0.337 e. The van der Waals surface area contributed by atoms with Crippen LogP contribution < -0.4 is 14.4 Å². The number of rotatable bonds is 7. The molecular formula is C19H22N2O6S. The normalized spacial score (nSPS) is 12.0. The number of benzene rings is 2. The number of ether oxygens (including phenoxy) is 2. The zero-order valence-corrected chi connectivity index (χ0v) is 16.8. The predicted octanol–water partition coefficient (Wildman–Crippen LogP) is 2.28. The lowest BCUT2D eigenvalue weighted by molar-refractivity contribution is -0.116. The lowest BCUT2D eigenvalue weighted by atomic mass is 10.2. The quantitative estimate of drug-likeness (QED) is 0.708. The minimum Gasteiger partial charge on any atom is -0.497 e. The van der Waals surface area contributed by atoms with Crippen LogP contribution in [0.5, 0.6) is 5.75 Å². The van der Waals surface area contributed by atoms with Gasteiger partial charge < -0.3 is 14.8 Å². The van der Waals surface area contributed by atoms with Crippen LogP contribution in [0.4, 0.5) is 11.4 Å². The lowest BCUT2D eigenvalue weighted by Crippen LogP contribution is -2.45. The number of carbonyl (C=O) groups is 2. The van der Waals surface area contributed by atoms with E-state index in [9.17, 15) is 18.0 Å². The van der Waals surface area contributed by atoms with Crippen molar-refractivity contribution in [3.8, 4) is 5.75 Å². The summed E-state index contributed by atoms with van der Waals surface area (Å²) in [5.41, 5.74) is 0.910. The van der Waals surface area contributed by atoms with Crippen LogP contribution in [0, 0.1) is 0 Å². The van der Waals surface area contributed by atoms with Gasteiger partial charge in [0.1, 0.15) is 11.8 Å². The largest absolute Gasteiger partial charge is 0.497 e. The van der Waals surface area contributed by atoms with Crippen LogP contribution in [0.15, 0.2) is 48.5 Å². The fourth-order valence-corrected chi connectivity index (χ4v) is 3.81. The Morgan fingerprint density at radius 3 is 2.36 bits per heavy atom. The average Bonchev–Trinajstić information content (AvgIpc) is 2.66. The second-order valence-corrected chi connectivity index (χ2v) is 7.86. The van der Waals surface area contributed by atoms with Crippen LogP contribution in [0.3, 0.4) is 0 Å². The van der Waals surface area contributed by atoms with Gasteiger partial charge in [-0.25, -0.2) is 13.2 Å². The van der Waals surface area contributed by atoms with Crippen LogP contribution in [-0.2, 0) is 19.6 Å². The van der Waals surface area contributed by atoms with Crippen LogP contribution >= 0.6 is 0 Å². The van der Waals surface area contributed by atoms with E-state index in [1.807, 2.05) is 0 Å². The highest BCUT2D eigenvalue weighted by Gasteiger charge is 2.29. The standard InChI is InChI=1S/C19H22N2O6S/c1-13(18(22)20-15-8-5-7-14(11-15)19(23)27-3)21(28(4,24)25)16-9-6-10-17(12-16)26-2/h5-13H,1-4H3,(H,20,22)/t13-/m1/s1.